The molecule has 0 heterocycles. The van der Waals surface area contributed by atoms with E-state index in [2.05, 4.69) is 47.9 Å². The number of carboxylic acid groups (broad SMARTS) is 2. The molecule has 26 nitrogen and oxygen atoms in total. The summed E-state index contributed by atoms with van der Waals surface area (Å²) in [4.78, 5) is 160. The van der Waals surface area contributed by atoms with E-state index < -0.39 is 158 Å². The minimum absolute atomic E-state index is 0.0242. The summed E-state index contributed by atoms with van der Waals surface area (Å²) in [5.41, 5.74) is 6.83. The minimum Gasteiger partial charge on any atom is -0.508 e. The predicted octanol–water partition coefficient (Wildman–Crippen LogP) is -0.878. The summed E-state index contributed by atoms with van der Waals surface area (Å²) < 4.78 is 0. The molecule has 0 aromatic heterocycles. The maximum atomic E-state index is 14.4. The van der Waals surface area contributed by atoms with Crippen LogP contribution in [-0.2, 0) is 76.8 Å². The van der Waals surface area contributed by atoms with Crippen molar-refractivity contribution >= 4 is 71.0 Å². The molecule has 0 radical (unpaired) electrons. The lowest BCUT2D eigenvalue weighted by Crippen LogP contribution is -2.61. The fraction of sp³-hybridized carbons (Fsp3) is 0.474. The van der Waals surface area contributed by atoms with E-state index in [1.54, 1.807) is 88.4 Å². The van der Waals surface area contributed by atoms with Gasteiger partial charge in [0, 0.05) is 39.0 Å². The number of rotatable bonds is 35. The molecular formula is C57H78N10O16. The van der Waals surface area contributed by atoms with E-state index in [1.165, 1.54) is 31.2 Å². The number of amides is 10. The van der Waals surface area contributed by atoms with Crippen LogP contribution in [0, 0.1) is 11.8 Å². The molecule has 0 bridgehead atoms. The summed E-state index contributed by atoms with van der Waals surface area (Å²) in [5.74, 6) is -12.7. The molecule has 3 aromatic rings. The highest BCUT2D eigenvalue weighted by Gasteiger charge is 2.36. The third kappa shape index (κ3) is 25.6. The van der Waals surface area contributed by atoms with Gasteiger partial charge in [-0.1, -0.05) is 100 Å². The van der Waals surface area contributed by atoms with Gasteiger partial charge < -0.3 is 74.0 Å². The second kappa shape index (κ2) is 34.4. The maximum Gasteiger partial charge on any atom is 0.303 e. The van der Waals surface area contributed by atoms with Crippen LogP contribution in [0.15, 0.2) is 84.9 Å². The van der Waals surface area contributed by atoms with Crippen LogP contribution in [-0.4, -0.2) is 152 Å². The van der Waals surface area contributed by atoms with Gasteiger partial charge in [-0.15, -0.1) is 0 Å². The van der Waals surface area contributed by atoms with Gasteiger partial charge in [-0.3, -0.25) is 57.5 Å². The zero-order valence-electron chi connectivity index (χ0n) is 47.3. The molecule has 0 spiro atoms. The highest BCUT2D eigenvalue weighted by Crippen LogP contribution is 2.15. The first-order valence-corrected chi connectivity index (χ1v) is 27.0. The van der Waals surface area contributed by atoms with Crippen molar-refractivity contribution in [2.45, 2.75) is 154 Å². The van der Waals surface area contributed by atoms with Crippen LogP contribution in [0.2, 0.25) is 0 Å². The number of primary amides is 1. The van der Waals surface area contributed by atoms with Crippen LogP contribution in [0.5, 0.6) is 5.75 Å². The molecule has 3 rings (SSSR count). The Kier molecular flexibility index (Phi) is 28.3. The minimum atomic E-state index is -1.80. The van der Waals surface area contributed by atoms with E-state index >= 15 is 0 Å². The average molecular weight is 1160 g/mol. The molecule has 0 unspecified atom stereocenters. The molecule has 0 saturated carbocycles. The Morgan fingerprint density at radius 2 is 0.759 bits per heavy atom. The Labute approximate surface area is 480 Å². The Hall–Kier alpha value is -8.94. The number of hydrogen-bond donors (Lipinski definition) is 14. The van der Waals surface area contributed by atoms with E-state index in [9.17, 15) is 78.0 Å². The molecule has 0 saturated heterocycles. The topological polar surface area (TPSA) is 420 Å². The number of nitrogens with one attached hydrogen (secondary N) is 9. The third-order valence-electron chi connectivity index (χ3n) is 12.6. The number of carboxylic acids is 2. The first-order valence-electron chi connectivity index (χ1n) is 27.0. The zero-order valence-corrected chi connectivity index (χ0v) is 47.3. The lowest BCUT2D eigenvalue weighted by molar-refractivity contribution is -0.140. The quantitative estimate of drug-likeness (QED) is 0.0340. The number of aliphatic hydroxyl groups excluding tert-OH is 1. The van der Waals surface area contributed by atoms with Gasteiger partial charge in [0.05, 0.1) is 12.6 Å². The van der Waals surface area contributed by atoms with Crippen LogP contribution in [0.4, 0.5) is 0 Å². The molecule has 452 valence electrons. The third-order valence-corrected chi connectivity index (χ3v) is 12.6. The van der Waals surface area contributed by atoms with Crippen molar-refractivity contribution in [3.63, 3.8) is 0 Å². The first kappa shape index (κ1) is 68.3. The zero-order chi connectivity index (χ0) is 61.9. The predicted molar refractivity (Wildman–Crippen MR) is 300 cm³/mol. The molecule has 83 heavy (non-hydrogen) atoms. The van der Waals surface area contributed by atoms with Gasteiger partial charge in [0.1, 0.15) is 54.1 Å². The van der Waals surface area contributed by atoms with Crippen LogP contribution in [0.3, 0.4) is 0 Å². The standard InChI is InChI=1S/C57H78N10O16/c1-31(2)25-41(63-53(79)42(26-32(3)4)64-55(81)44(28-36-15-11-8-12-16-36)66-54(80)43(60-34(6)69)27-35-13-9-7-10-14-35)52(78)62-39(21-23-47(72)73)50(76)61-40(22-24-48(74)75)51(77)65-45(29-37-17-19-38(70)20-18-37)56(82)67-49(33(5)68)57(83)59-30-46(58)71/h7-20,31-33,39-45,49,68,70H,21-30H2,1-6H3,(H2,58,71)(H,59,83)(H,60,69)(H,61,76)(H,62,78)(H,63,79)(H,64,81)(H,65,77)(H,66,80)(H,67,82)(H,72,73)(H,74,75)/t33-,39+,40+,41+,42+,43+,44+,45+,49+/m1/s1. The van der Waals surface area contributed by atoms with E-state index in [1.807, 2.05) is 0 Å². The number of aromatic hydroxyl groups is 1. The lowest BCUT2D eigenvalue weighted by Gasteiger charge is -2.29. The Morgan fingerprint density at radius 1 is 0.434 bits per heavy atom. The Balaban J connectivity index is 1.95. The van der Waals surface area contributed by atoms with Crippen LogP contribution in [0.25, 0.3) is 0 Å². The van der Waals surface area contributed by atoms with E-state index in [0.29, 0.717) is 11.1 Å². The number of hydrogen-bond acceptors (Lipinski definition) is 14. The molecule has 26 heteroatoms. The Bertz CT molecular complexity index is 2710. The molecule has 0 fully saturated rings. The molecule has 0 aliphatic rings. The second-order valence-electron chi connectivity index (χ2n) is 20.9. The summed E-state index contributed by atoms with van der Waals surface area (Å²) in [6, 6.07) is 10.9. The fourth-order valence-electron chi connectivity index (χ4n) is 8.50. The molecule has 10 amide bonds. The van der Waals surface area contributed by atoms with E-state index in [4.69, 9.17) is 5.73 Å². The van der Waals surface area contributed by atoms with Crippen molar-refractivity contribution in [3.8, 4) is 5.75 Å². The largest absolute Gasteiger partial charge is 0.508 e. The van der Waals surface area contributed by atoms with Crippen molar-refractivity contribution in [2.75, 3.05) is 6.54 Å². The second-order valence-corrected chi connectivity index (χ2v) is 20.9. The number of nitrogens with two attached hydrogens (primary N) is 1. The van der Waals surface area contributed by atoms with Gasteiger partial charge in [0.2, 0.25) is 59.1 Å². The molecule has 9 atom stereocenters. The molecule has 3 aromatic carbocycles. The first-order chi connectivity index (χ1) is 39.1. The van der Waals surface area contributed by atoms with Crippen molar-refractivity contribution in [2.24, 2.45) is 17.6 Å². The van der Waals surface area contributed by atoms with Crippen LogP contribution >= 0.6 is 0 Å². The molecule has 0 aliphatic heterocycles. The summed E-state index contributed by atoms with van der Waals surface area (Å²) >= 11 is 0. The van der Waals surface area contributed by atoms with Crippen molar-refractivity contribution < 1.29 is 78.0 Å². The SMILES string of the molecule is CC(=O)N[C@@H](Cc1ccccc1)C(=O)N[C@@H](Cc1ccccc1)C(=O)N[C@@H](CC(C)C)C(=O)N[C@@H](CC(C)C)C(=O)N[C@@H](CCC(=O)O)C(=O)N[C@@H](CCC(=O)O)C(=O)N[C@@H](Cc1ccc(O)cc1)C(=O)N[C@H](C(=O)NCC(N)=O)[C@@H](C)O. The number of aliphatic carboxylic acids is 2. The van der Waals surface area contributed by atoms with Crippen LogP contribution in [0.1, 0.15) is 96.8 Å². The summed E-state index contributed by atoms with van der Waals surface area (Å²) in [6.45, 7) is 8.75. The van der Waals surface area contributed by atoms with Crippen molar-refractivity contribution in [1.82, 2.24) is 47.9 Å². The van der Waals surface area contributed by atoms with E-state index in [0.717, 1.165) is 12.5 Å². The molecule has 15 N–H and O–H groups in total. The lowest BCUT2D eigenvalue weighted by atomic mass is 9.98. The smallest absolute Gasteiger partial charge is 0.303 e. The number of aliphatic hydroxyl groups is 1. The summed E-state index contributed by atoms with van der Waals surface area (Å²) in [7, 11) is 0. The summed E-state index contributed by atoms with van der Waals surface area (Å²) in [6.07, 6.45) is -4.60. The van der Waals surface area contributed by atoms with Crippen LogP contribution < -0.4 is 53.6 Å². The van der Waals surface area contributed by atoms with E-state index in [-0.39, 0.29) is 49.7 Å². The normalized spacial score (nSPS) is 14.3. The van der Waals surface area contributed by atoms with Gasteiger partial charge in [-0.2, -0.15) is 0 Å². The van der Waals surface area contributed by atoms with Crippen molar-refractivity contribution in [3.05, 3.63) is 102 Å². The average Bonchev–Trinajstić information content (AvgIpc) is 3.41. The maximum absolute atomic E-state index is 14.4. The molecular weight excluding hydrogens is 1080 g/mol. The monoisotopic (exact) mass is 1160 g/mol. The number of phenolic OH excluding ortho intramolecular Hbond substituents is 1. The number of phenols is 1. The number of carbonyl (C=O) groups excluding carboxylic acids is 10. The fourth-order valence-corrected chi connectivity index (χ4v) is 8.50. The summed E-state index contributed by atoms with van der Waals surface area (Å²) in [5, 5.41) is 62.1. The Morgan fingerprint density at radius 3 is 1.11 bits per heavy atom. The highest BCUT2D eigenvalue weighted by atomic mass is 16.4. The van der Waals surface area contributed by atoms with Gasteiger partial charge in [0.25, 0.3) is 0 Å². The molecule has 0 aliphatic carbocycles. The van der Waals surface area contributed by atoms with Gasteiger partial charge in [-0.25, -0.2) is 0 Å². The van der Waals surface area contributed by atoms with Gasteiger partial charge in [-0.05, 0) is 73.3 Å². The number of benzene rings is 3. The van der Waals surface area contributed by atoms with Gasteiger partial charge in [0.15, 0.2) is 0 Å². The van der Waals surface area contributed by atoms with Crippen molar-refractivity contribution in [1.29, 1.82) is 0 Å². The van der Waals surface area contributed by atoms with Gasteiger partial charge >= 0.3 is 11.9 Å². The highest BCUT2D eigenvalue weighted by molar-refractivity contribution is 5.99. The number of carbonyl (C=O) groups is 12.